The average Bonchev–Trinajstić information content (AvgIpc) is 3.10. The van der Waals surface area contributed by atoms with E-state index in [-0.39, 0.29) is 23.2 Å². The van der Waals surface area contributed by atoms with Gasteiger partial charge in [-0.05, 0) is 45.9 Å². The van der Waals surface area contributed by atoms with Gasteiger partial charge in [-0.25, -0.2) is 4.99 Å². The van der Waals surface area contributed by atoms with E-state index in [2.05, 4.69) is 58.6 Å². The molecule has 2 N–H and O–H groups in total. The zero-order valence-electron chi connectivity index (χ0n) is 18.7. The number of benzene rings is 1. The second kappa shape index (κ2) is 8.92. The first-order valence-corrected chi connectivity index (χ1v) is 10.4. The fourth-order valence-electron chi connectivity index (χ4n) is 3.80. The van der Waals surface area contributed by atoms with E-state index in [0.29, 0.717) is 12.4 Å². The molecular weight excluding hydrogens is 378 g/mol. The van der Waals surface area contributed by atoms with Gasteiger partial charge in [0.05, 0.1) is 0 Å². The van der Waals surface area contributed by atoms with Gasteiger partial charge in [0.2, 0.25) is 0 Å². The molecule has 0 saturated carbocycles. The highest BCUT2D eigenvalue weighted by atomic mass is 16.5. The maximum Gasteiger partial charge on any atom is 0.292 e. The molecule has 30 heavy (non-hydrogen) atoms. The van der Waals surface area contributed by atoms with E-state index in [4.69, 9.17) is 4.74 Å². The maximum atomic E-state index is 12.6. The average molecular weight is 412 g/mol. The van der Waals surface area contributed by atoms with Gasteiger partial charge in [-0.15, -0.1) is 0 Å². The molecule has 7 heteroatoms. The molecule has 1 fully saturated rings. The number of para-hydroxylation sites is 1. The number of carbonyl (C=O) groups is 1. The Labute approximate surface area is 178 Å². The maximum absolute atomic E-state index is 12.6. The lowest BCUT2D eigenvalue weighted by molar-refractivity contribution is -0.120. The van der Waals surface area contributed by atoms with Gasteiger partial charge >= 0.3 is 0 Å². The highest BCUT2D eigenvalue weighted by Crippen LogP contribution is 2.21. The van der Waals surface area contributed by atoms with Crippen molar-refractivity contribution in [3.63, 3.8) is 0 Å². The second-order valence-corrected chi connectivity index (χ2v) is 8.63. The van der Waals surface area contributed by atoms with E-state index in [1.54, 1.807) is 7.05 Å². The number of likely N-dealkylation sites (N-methyl/N-ethyl adjacent to an activating group) is 1. The van der Waals surface area contributed by atoms with Crippen LogP contribution < -0.4 is 5.32 Å². The Hall–Kier alpha value is -2.80. The molecule has 1 aromatic carbocycles. The second-order valence-electron chi connectivity index (χ2n) is 8.63. The number of carbonyl (C=O) groups excluding carboxylic acids is 1. The van der Waals surface area contributed by atoms with E-state index < -0.39 is 0 Å². The molecule has 0 radical (unpaired) electrons. The first-order chi connectivity index (χ1) is 14.2. The Morgan fingerprint density at radius 1 is 1.37 bits per heavy atom. The number of aromatic amines is 1. The highest BCUT2D eigenvalue weighted by molar-refractivity contribution is 5.94. The summed E-state index contributed by atoms with van der Waals surface area (Å²) in [6, 6.07) is 8.51. The molecule has 3 rings (SSSR count). The highest BCUT2D eigenvalue weighted by Gasteiger charge is 2.33. The number of piperazine rings is 1. The minimum Gasteiger partial charge on any atom is -0.421 e. The first-order valence-electron chi connectivity index (χ1n) is 10.4. The number of nitrogens with one attached hydrogen (secondary N) is 2. The van der Waals surface area contributed by atoms with Crippen LogP contribution in [0.25, 0.3) is 10.9 Å². The number of H-pyrrole nitrogens is 1. The number of fused-ring (bicyclic) bond motifs is 1. The lowest BCUT2D eigenvalue weighted by atomic mass is 10.0. The van der Waals surface area contributed by atoms with Crippen molar-refractivity contribution in [1.82, 2.24) is 20.1 Å². The summed E-state index contributed by atoms with van der Waals surface area (Å²) in [6.07, 6.45) is 2.71. The van der Waals surface area contributed by atoms with Crippen LogP contribution >= 0.6 is 0 Å². The molecule has 2 heterocycles. The number of nitrogens with zero attached hydrogens (tertiary/aromatic N) is 3. The molecule has 1 amide bonds. The van der Waals surface area contributed by atoms with Crippen LogP contribution in [-0.4, -0.2) is 72.0 Å². The lowest BCUT2D eigenvalue weighted by Gasteiger charge is -2.45. The van der Waals surface area contributed by atoms with E-state index in [9.17, 15) is 4.79 Å². The van der Waals surface area contributed by atoms with E-state index in [0.717, 1.165) is 25.2 Å². The van der Waals surface area contributed by atoms with E-state index in [1.807, 2.05) is 31.3 Å². The van der Waals surface area contributed by atoms with Crippen molar-refractivity contribution in [2.24, 2.45) is 4.99 Å². The molecule has 1 aliphatic rings. The molecule has 2 aromatic rings. The topological polar surface area (TPSA) is 73.0 Å². The largest absolute Gasteiger partial charge is 0.421 e. The summed E-state index contributed by atoms with van der Waals surface area (Å²) >= 11 is 0. The normalized spacial score (nSPS) is 18.3. The molecule has 1 saturated heterocycles. The summed E-state index contributed by atoms with van der Waals surface area (Å²) in [7, 11) is 3.79. The van der Waals surface area contributed by atoms with Crippen molar-refractivity contribution >= 4 is 22.8 Å². The number of amidine groups is 1. The number of rotatable bonds is 5. The first kappa shape index (κ1) is 21.9. The molecule has 1 aliphatic heterocycles. The molecule has 1 aromatic heterocycles. The summed E-state index contributed by atoms with van der Waals surface area (Å²) in [4.78, 5) is 24.5. The van der Waals surface area contributed by atoms with Crippen LogP contribution in [0.2, 0.25) is 0 Å². The SMILES string of the molecule is C=C(OC(=NC)N1CCN(C)C(C)(C)C1)C(=O)NC(C)Cc1c[nH]c2ccccc12. The van der Waals surface area contributed by atoms with Gasteiger partial charge in [0.25, 0.3) is 11.9 Å². The minimum absolute atomic E-state index is 0.00497. The smallest absolute Gasteiger partial charge is 0.292 e. The summed E-state index contributed by atoms with van der Waals surface area (Å²) in [5, 5.41) is 4.15. The quantitative estimate of drug-likeness (QED) is 0.343. The van der Waals surface area contributed by atoms with Crippen molar-refractivity contribution in [3.8, 4) is 0 Å². The summed E-state index contributed by atoms with van der Waals surface area (Å²) in [5.74, 6) is -0.269. The van der Waals surface area contributed by atoms with Crippen LogP contribution in [0.4, 0.5) is 0 Å². The predicted molar refractivity (Wildman–Crippen MR) is 121 cm³/mol. The van der Waals surface area contributed by atoms with Gasteiger partial charge in [0.15, 0.2) is 5.76 Å². The third kappa shape index (κ3) is 4.84. The van der Waals surface area contributed by atoms with Crippen molar-refractivity contribution in [1.29, 1.82) is 0 Å². The number of hydrogen-bond acceptors (Lipinski definition) is 4. The molecule has 0 bridgehead atoms. The minimum atomic E-state index is -0.322. The van der Waals surface area contributed by atoms with Crippen LogP contribution in [0.15, 0.2) is 47.8 Å². The Kier molecular flexibility index (Phi) is 6.51. The molecular formula is C23H33N5O2. The van der Waals surface area contributed by atoms with Gasteiger partial charge in [-0.3, -0.25) is 9.69 Å². The van der Waals surface area contributed by atoms with Crippen LogP contribution in [0.1, 0.15) is 26.3 Å². The lowest BCUT2D eigenvalue weighted by Crippen LogP contribution is -2.59. The summed E-state index contributed by atoms with van der Waals surface area (Å²) in [5.41, 5.74) is 2.26. The number of aromatic nitrogens is 1. The van der Waals surface area contributed by atoms with Gasteiger partial charge in [0.1, 0.15) is 0 Å². The Morgan fingerprint density at radius 2 is 2.10 bits per heavy atom. The fourth-order valence-corrected chi connectivity index (χ4v) is 3.80. The van der Waals surface area contributed by atoms with Crippen LogP contribution in [0.3, 0.4) is 0 Å². The Bertz CT molecular complexity index is 946. The number of hydrogen-bond donors (Lipinski definition) is 2. The van der Waals surface area contributed by atoms with E-state index >= 15 is 0 Å². The number of aliphatic imine (C=N–C) groups is 1. The Morgan fingerprint density at radius 3 is 2.80 bits per heavy atom. The van der Waals surface area contributed by atoms with Crippen molar-refractivity contribution in [2.75, 3.05) is 33.7 Å². The van der Waals surface area contributed by atoms with E-state index in [1.165, 1.54) is 10.9 Å². The zero-order valence-corrected chi connectivity index (χ0v) is 18.7. The summed E-state index contributed by atoms with van der Waals surface area (Å²) < 4.78 is 5.78. The molecule has 1 atom stereocenters. The van der Waals surface area contributed by atoms with Crippen molar-refractivity contribution < 1.29 is 9.53 Å². The standard InChI is InChI=1S/C23H33N5O2/c1-16(13-18-14-25-20-10-8-7-9-19(18)20)26-21(29)17(2)30-22(24-5)28-12-11-27(6)23(3,4)15-28/h7-10,14,16,25H,2,11-13,15H2,1,3-6H3,(H,26,29). The van der Waals surface area contributed by atoms with Crippen LogP contribution in [0.5, 0.6) is 0 Å². The molecule has 1 unspecified atom stereocenters. The summed E-state index contributed by atoms with van der Waals surface area (Å²) in [6.45, 7) is 12.6. The third-order valence-electron chi connectivity index (χ3n) is 5.82. The predicted octanol–water partition coefficient (Wildman–Crippen LogP) is 2.76. The molecule has 0 aliphatic carbocycles. The zero-order chi connectivity index (χ0) is 21.9. The monoisotopic (exact) mass is 411 g/mol. The van der Waals surface area contributed by atoms with Crippen LogP contribution in [-0.2, 0) is 16.0 Å². The van der Waals surface area contributed by atoms with Gasteiger partial charge in [0, 0.05) is 55.4 Å². The van der Waals surface area contributed by atoms with Crippen molar-refractivity contribution in [3.05, 3.63) is 48.4 Å². The molecule has 162 valence electrons. The van der Waals surface area contributed by atoms with Gasteiger partial charge < -0.3 is 19.9 Å². The number of ether oxygens (including phenoxy) is 1. The molecule has 7 nitrogen and oxygen atoms in total. The third-order valence-corrected chi connectivity index (χ3v) is 5.82. The molecule has 0 spiro atoms. The Balaban J connectivity index is 1.56. The van der Waals surface area contributed by atoms with Crippen LogP contribution in [0, 0.1) is 0 Å². The van der Waals surface area contributed by atoms with Gasteiger partial charge in [-0.1, -0.05) is 24.8 Å². The number of amides is 1. The van der Waals surface area contributed by atoms with Crippen molar-refractivity contribution in [2.45, 2.75) is 38.8 Å². The van der Waals surface area contributed by atoms with Gasteiger partial charge in [-0.2, -0.15) is 0 Å². The fraction of sp³-hybridized carbons (Fsp3) is 0.478.